The van der Waals surface area contributed by atoms with Gasteiger partial charge in [-0.05, 0) is 12.8 Å². The Kier molecular flexibility index (Phi) is 10.8. The Morgan fingerprint density at radius 1 is 0.688 bits per heavy atom. The second kappa shape index (κ2) is 11.1. The molecule has 0 aliphatic heterocycles. The van der Waals surface area contributed by atoms with E-state index in [9.17, 15) is 0 Å². The summed E-state index contributed by atoms with van der Waals surface area (Å²) in [5.41, 5.74) is 0. The molecule has 4 nitrogen and oxygen atoms in total. The van der Waals surface area contributed by atoms with E-state index in [1.807, 2.05) is 0 Å². The van der Waals surface area contributed by atoms with Crippen molar-refractivity contribution in [1.29, 1.82) is 0 Å². The summed E-state index contributed by atoms with van der Waals surface area (Å²) in [5.74, 6) is 0. The highest BCUT2D eigenvalue weighted by Gasteiger charge is 2.03. The fraction of sp³-hybridized carbons (Fsp3) is 0.833. The second-order valence-electron chi connectivity index (χ2n) is 3.43. The molecular formula is C12H24O4. The Morgan fingerprint density at radius 3 is 1.25 bits per heavy atom. The molecule has 0 atom stereocenters. The summed E-state index contributed by atoms with van der Waals surface area (Å²) >= 11 is 0. The SMILES string of the molecule is COC(CC/C=C/CCC(OC)OC)OC. The quantitative estimate of drug-likeness (QED) is 0.428. The summed E-state index contributed by atoms with van der Waals surface area (Å²) < 4.78 is 20.3. The third kappa shape index (κ3) is 7.82. The van der Waals surface area contributed by atoms with Crippen molar-refractivity contribution in [2.45, 2.75) is 38.3 Å². The molecule has 0 saturated heterocycles. The van der Waals surface area contributed by atoms with Gasteiger partial charge in [-0.15, -0.1) is 0 Å². The molecule has 0 saturated carbocycles. The predicted octanol–water partition coefficient (Wildman–Crippen LogP) is 2.34. The van der Waals surface area contributed by atoms with Crippen molar-refractivity contribution < 1.29 is 18.9 Å². The lowest BCUT2D eigenvalue weighted by atomic mass is 10.2. The first-order valence-electron chi connectivity index (χ1n) is 5.54. The van der Waals surface area contributed by atoms with E-state index in [1.54, 1.807) is 28.4 Å². The van der Waals surface area contributed by atoms with Crippen molar-refractivity contribution in [1.82, 2.24) is 0 Å². The Hall–Kier alpha value is -0.420. The van der Waals surface area contributed by atoms with Crippen LogP contribution >= 0.6 is 0 Å². The van der Waals surface area contributed by atoms with E-state index in [1.165, 1.54) is 0 Å². The predicted molar refractivity (Wildman–Crippen MR) is 63.2 cm³/mol. The molecule has 0 rings (SSSR count). The van der Waals surface area contributed by atoms with Crippen LogP contribution in [-0.4, -0.2) is 41.0 Å². The fourth-order valence-corrected chi connectivity index (χ4v) is 1.36. The van der Waals surface area contributed by atoms with Gasteiger partial charge < -0.3 is 18.9 Å². The van der Waals surface area contributed by atoms with Crippen molar-refractivity contribution >= 4 is 0 Å². The van der Waals surface area contributed by atoms with E-state index in [0.717, 1.165) is 25.7 Å². The molecule has 0 aromatic heterocycles. The van der Waals surface area contributed by atoms with Crippen LogP contribution in [0.15, 0.2) is 12.2 Å². The smallest absolute Gasteiger partial charge is 0.157 e. The number of hydrogen-bond donors (Lipinski definition) is 0. The van der Waals surface area contributed by atoms with Gasteiger partial charge in [-0.25, -0.2) is 0 Å². The number of rotatable bonds is 10. The van der Waals surface area contributed by atoms with Crippen LogP contribution in [0.3, 0.4) is 0 Å². The van der Waals surface area contributed by atoms with Crippen LogP contribution in [0.25, 0.3) is 0 Å². The van der Waals surface area contributed by atoms with Crippen LogP contribution in [0.4, 0.5) is 0 Å². The standard InChI is InChI=1S/C12H24O4/c1-13-11(14-2)9-7-5-6-8-10-12(15-3)16-4/h5-6,11-12H,7-10H2,1-4H3/b6-5+. The lowest BCUT2D eigenvalue weighted by Crippen LogP contribution is -2.12. The summed E-state index contributed by atoms with van der Waals surface area (Å²) in [6.45, 7) is 0. The first kappa shape index (κ1) is 15.6. The van der Waals surface area contributed by atoms with Crippen molar-refractivity contribution in [3.8, 4) is 0 Å². The average molecular weight is 232 g/mol. The van der Waals surface area contributed by atoms with Crippen LogP contribution in [0, 0.1) is 0 Å². The summed E-state index contributed by atoms with van der Waals surface area (Å²) in [6.07, 6.45) is 7.73. The minimum Gasteiger partial charge on any atom is -0.356 e. The summed E-state index contributed by atoms with van der Waals surface area (Å²) in [4.78, 5) is 0. The molecule has 4 heteroatoms. The third-order valence-corrected chi connectivity index (χ3v) is 2.36. The average Bonchev–Trinajstić information content (AvgIpc) is 2.33. The van der Waals surface area contributed by atoms with Crippen molar-refractivity contribution in [2.75, 3.05) is 28.4 Å². The van der Waals surface area contributed by atoms with E-state index in [0.29, 0.717) is 0 Å². The summed E-state index contributed by atoms with van der Waals surface area (Å²) in [5, 5.41) is 0. The Labute approximate surface area is 98.5 Å². The monoisotopic (exact) mass is 232 g/mol. The Bertz CT molecular complexity index is 144. The van der Waals surface area contributed by atoms with Gasteiger partial charge in [0.25, 0.3) is 0 Å². The molecule has 16 heavy (non-hydrogen) atoms. The van der Waals surface area contributed by atoms with Crippen LogP contribution in [0.5, 0.6) is 0 Å². The fourth-order valence-electron chi connectivity index (χ4n) is 1.36. The molecule has 0 aromatic carbocycles. The lowest BCUT2D eigenvalue weighted by Gasteiger charge is -2.12. The van der Waals surface area contributed by atoms with Gasteiger partial charge in [0.1, 0.15) is 0 Å². The van der Waals surface area contributed by atoms with Gasteiger partial charge >= 0.3 is 0 Å². The summed E-state index contributed by atoms with van der Waals surface area (Å²) in [7, 11) is 6.61. The van der Waals surface area contributed by atoms with Crippen LogP contribution in [0.2, 0.25) is 0 Å². The van der Waals surface area contributed by atoms with Crippen LogP contribution in [0.1, 0.15) is 25.7 Å². The van der Waals surface area contributed by atoms with Gasteiger partial charge in [0.15, 0.2) is 12.6 Å². The molecule has 0 N–H and O–H groups in total. The maximum atomic E-state index is 5.08. The number of allylic oxidation sites excluding steroid dienone is 2. The third-order valence-electron chi connectivity index (χ3n) is 2.36. The molecule has 0 spiro atoms. The molecule has 0 radical (unpaired) electrons. The maximum absolute atomic E-state index is 5.08. The van der Waals surface area contributed by atoms with Gasteiger partial charge in [-0.2, -0.15) is 0 Å². The first-order valence-corrected chi connectivity index (χ1v) is 5.54. The van der Waals surface area contributed by atoms with Gasteiger partial charge in [0.2, 0.25) is 0 Å². The highest BCUT2D eigenvalue weighted by Crippen LogP contribution is 2.05. The largest absolute Gasteiger partial charge is 0.356 e. The van der Waals surface area contributed by atoms with Gasteiger partial charge in [0, 0.05) is 41.3 Å². The van der Waals surface area contributed by atoms with Gasteiger partial charge in [-0.3, -0.25) is 0 Å². The van der Waals surface area contributed by atoms with E-state index in [2.05, 4.69) is 12.2 Å². The molecule has 0 bridgehead atoms. The molecular weight excluding hydrogens is 208 g/mol. The highest BCUT2D eigenvalue weighted by molar-refractivity contribution is 4.82. The molecule has 0 fully saturated rings. The van der Waals surface area contributed by atoms with Gasteiger partial charge in [-0.1, -0.05) is 12.2 Å². The van der Waals surface area contributed by atoms with Crippen molar-refractivity contribution in [2.24, 2.45) is 0 Å². The van der Waals surface area contributed by atoms with Crippen LogP contribution < -0.4 is 0 Å². The minimum absolute atomic E-state index is 0.102. The maximum Gasteiger partial charge on any atom is 0.157 e. The molecule has 0 unspecified atom stereocenters. The minimum atomic E-state index is -0.102. The highest BCUT2D eigenvalue weighted by atomic mass is 16.7. The molecule has 0 aromatic rings. The molecule has 0 heterocycles. The number of hydrogen-bond acceptors (Lipinski definition) is 4. The normalized spacial score (nSPS) is 12.1. The van der Waals surface area contributed by atoms with Crippen molar-refractivity contribution in [3.63, 3.8) is 0 Å². The Morgan fingerprint density at radius 2 is 1.00 bits per heavy atom. The van der Waals surface area contributed by atoms with Gasteiger partial charge in [0.05, 0.1) is 0 Å². The zero-order valence-corrected chi connectivity index (χ0v) is 10.8. The number of ether oxygens (including phenoxy) is 4. The van der Waals surface area contributed by atoms with E-state index >= 15 is 0 Å². The summed E-state index contributed by atoms with van der Waals surface area (Å²) in [6, 6.07) is 0. The second-order valence-corrected chi connectivity index (χ2v) is 3.43. The Balaban J connectivity index is 3.47. The van der Waals surface area contributed by atoms with E-state index < -0.39 is 0 Å². The molecule has 0 aliphatic rings. The van der Waals surface area contributed by atoms with Crippen molar-refractivity contribution in [3.05, 3.63) is 12.2 Å². The molecule has 0 aliphatic carbocycles. The first-order chi connectivity index (χ1) is 7.78. The van der Waals surface area contributed by atoms with E-state index in [-0.39, 0.29) is 12.6 Å². The topological polar surface area (TPSA) is 36.9 Å². The lowest BCUT2D eigenvalue weighted by molar-refractivity contribution is -0.106. The molecule has 0 amide bonds. The molecule has 96 valence electrons. The number of methoxy groups -OCH3 is 4. The van der Waals surface area contributed by atoms with E-state index in [4.69, 9.17) is 18.9 Å². The zero-order valence-electron chi connectivity index (χ0n) is 10.8. The van der Waals surface area contributed by atoms with Crippen LogP contribution in [-0.2, 0) is 18.9 Å². The zero-order chi connectivity index (χ0) is 12.2.